The number of rotatable bonds is 41. The van der Waals surface area contributed by atoms with E-state index in [-0.39, 0.29) is 32.1 Å². The van der Waals surface area contributed by atoms with Crippen molar-refractivity contribution in [2.45, 2.75) is 225 Å². The lowest BCUT2D eigenvalue weighted by Crippen LogP contribution is -2.27. The number of phosphoric ester groups is 1. The molecule has 0 bridgehead atoms. The third-order valence-corrected chi connectivity index (χ3v) is 10.5. The van der Waals surface area contributed by atoms with E-state index in [1.807, 2.05) is 0 Å². The fraction of sp³-hybridized carbons (Fsp3) is 0.951. The van der Waals surface area contributed by atoms with Crippen LogP contribution in [0.15, 0.2) is 0 Å². The molecule has 0 aromatic heterocycles. The molecule has 0 spiro atoms. The molecule has 0 rings (SSSR count). The van der Waals surface area contributed by atoms with Crippen molar-refractivity contribution in [2.24, 2.45) is 0 Å². The molecule has 0 aromatic carbocycles. The number of nitrogens with one attached hydrogen (secondary N) is 1. The zero-order valence-corrected chi connectivity index (χ0v) is 34.2. The minimum absolute atomic E-state index is 0.0884. The van der Waals surface area contributed by atoms with Crippen LogP contribution in [0.4, 0.5) is 0 Å². The molecule has 1 amide bonds. The summed E-state index contributed by atoms with van der Waals surface area (Å²) in [6.07, 6.45) is 37.4. The van der Waals surface area contributed by atoms with Gasteiger partial charge >= 0.3 is 13.8 Å². The summed E-state index contributed by atoms with van der Waals surface area (Å²) >= 11 is 0. The van der Waals surface area contributed by atoms with Crippen LogP contribution in [0.5, 0.6) is 0 Å². The molecule has 0 aliphatic heterocycles. The van der Waals surface area contributed by atoms with Crippen LogP contribution >= 0.6 is 7.82 Å². The van der Waals surface area contributed by atoms with Crippen LogP contribution in [0.2, 0.25) is 0 Å². The number of hydrogen-bond donors (Lipinski definition) is 3. The van der Waals surface area contributed by atoms with Crippen LogP contribution in [0.25, 0.3) is 0 Å². The lowest BCUT2D eigenvalue weighted by Gasteiger charge is -2.15. The number of unbranched alkanes of at least 4 members (excludes halogenated alkanes) is 28. The molecular formula is C41H82NO8P. The lowest BCUT2D eigenvalue weighted by atomic mass is 10.0. The van der Waals surface area contributed by atoms with Crippen molar-refractivity contribution in [1.82, 2.24) is 5.32 Å². The molecular weight excluding hydrogens is 665 g/mol. The molecule has 10 heteroatoms. The highest BCUT2D eigenvalue weighted by Gasteiger charge is 2.23. The first-order chi connectivity index (χ1) is 24.8. The first kappa shape index (κ1) is 50.0. The molecule has 0 aromatic rings. The fourth-order valence-corrected chi connectivity index (χ4v) is 7.02. The third kappa shape index (κ3) is 40.0. The zero-order chi connectivity index (χ0) is 37.5. The van der Waals surface area contributed by atoms with Gasteiger partial charge in [0.2, 0.25) is 5.91 Å². The second kappa shape index (κ2) is 38.7. The quantitative estimate of drug-likeness (QED) is 0.0320. The highest BCUT2D eigenvalue weighted by Crippen LogP contribution is 2.42. The Kier molecular flexibility index (Phi) is 38.0. The number of amides is 1. The van der Waals surface area contributed by atoms with E-state index in [0.717, 1.165) is 38.5 Å². The maximum absolute atomic E-state index is 12.1. The number of aliphatic hydroxyl groups is 1. The molecule has 0 saturated carbocycles. The molecule has 2 atom stereocenters. The van der Waals surface area contributed by atoms with Crippen LogP contribution in [-0.2, 0) is 27.9 Å². The van der Waals surface area contributed by atoms with Gasteiger partial charge in [-0.25, -0.2) is 4.57 Å². The number of ether oxygens (including phenoxy) is 1. The van der Waals surface area contributed by atoms with E-state index in [1.165, 1.54) is 154 Å². The van der Waals surface area contributed by atoms with E-state index in [4.69, 9.17) is 13.8 Å². The van der Waals surface area contributed by atoms with Crippen molar-refractivity contribution < 1.29 is 37.9 Å². The second-order valence-electron chi connectivity index (χ2n) is 14.7. The van der Waals surface area contributed by atoms with Crippen LogP contribution in [-0.4, -0.2) is 54.3 Å². The topological polar surface area (TPSA) is 131 Å². The molecule has 0 fully saturated rings. The summed E-state index contributed by atoms with van der Waals surface area (Å²) in [6.45, 7) is 3.59. The molecule has 304 valence electrons. The van der Waals surface area contributed by atoms with Gasteiger partial charge in [0.15, 0.2) is 0 Å². The van der Waals surface area contributed by atoms with E-state index in [9.17, 15) is 24.2 Å². The van der Waals surface area contributed by atoms with Crippen molar-refractivity contribution in [1.29, 1.82) is 0 Å². The van der Waals surface area contributed by atoms with E-state index < -0.39 is 26.5 Å². The largest absolute Gasteiger partial charge is 0.472 e. The second-order valence-corrected chi connectivity index (χ2v) is 16.1. The maximum atomic E-state index is 12.1. The maximum Gasteiger partial charge on any atom is 0.472 e. The Morgan fingerprint density at radius 3 is 1.27 bits per heavy atom. The van der Waals surface area contributed by atoms with E-state index >= 15 is 0 Å². The van der Waals surface area contributed by atoms with Crippen LogP contribution in [0.1, 0.15) is 219 Å². The number of esters is 1. The Balaban J connectivity index is 3.55. The van der Waals surface area contributed by atoms with Gasteiger partial charge in [-0.15, -0.1) is 0 Å². The van der Waals surface area contributed by atoms with Gasteiger partial charge in [0.05, 0.1) is 13.2 Å². The summed E-state index contributed by atoms with van der Waals surface area (Å²) in [5.74, 6) is -0.504. The van der Waals surface area contributed by atoms with E-state index in [2.05, 4.69) is 19.2 Å². The highest BCUT2D eigenvalue weighted by molar-refractivity contribution is 7.47. The zero-order valence-electron chi connectivity index (χ0n) is 33.3. The van der Waals surface area contributed by atoms with Gasteiger partial charge in [0.1, 0.15) is 12.7 Å². The third-order valence-electron chi connectivity index (χ3n) is 9.54. The standard InChI is InChI=1S/C41H82NO8P/c1-3-5-7-9-11-13-15-17-18-19-20-22-23-25-27-29-31-33-40(44)42-35-36-49-51(46,47)50-38-39(43)37-48-41(45)34-32-30-28-26-24-21-16-14-12-10-8-6-4-2/h39,43H,3-38H2,1-2H3,(H,42,44)(H,46,47). The van der Waals surface area contributed by atoms with E-state index in [0.29, 0.717) is 6.42 Å². The Labute approximate surface area is 314 Å². The lowest BCUT2D eigenvalue weighted by molar-refractivity contribution is -0.147. The smallest absolute Gasteiger partial charge is 0.463 e. The Morgan fingerprint density at radius 1 is 0.529 bits per heavy atom. The molecule has 0 saturated heterocycles. The highest BCUT2D eigenvalue weighted by atomic mass is 31.2. The molecule has 0 aliphatic carbocycles. The SMILES string of the molecule is CCCCCCCCCCCCCCCCCCCC(=O)NCCOP(=O)(O)OCC(O)COC(=O)CCCCCCCCCCCCCCC. The number of aliphatic hydroxyl groups excluding tert-OH is 1. The minimum atomic E-state index is -4.41. The first-order valence-corrected chi connectivity index (χ1v) is 23.0. The molecule has 0 heterocycles. The van der Waals surface area contributed by atoms with Gasteiger partial charge in [0, 0.05) is 19.4 Å². The number of hydrogen-bond acceptors (Lipinski definition) is 7. The summed E-state index contributed by atoms with van der Waals surface area (Å²) in [4.78, 5) is 33.8. The molecule has 2 unspecified atom stereocenters. The summed E-state index contributed by atoms with van der Waals surface area (Å²) in [5.41, 5.74) is 0. The minimum Gasteiger partial charge on any atom is -0.463 e. The Bertz CT molecular complexity index is 815. The normalized spacial score (nSPS) is 13.3. The van der Waals surface area contributed by atoms with Crippen molar-refractivity contribution >= 4 is 19.7 Å². The fourth-order valence-electron chi connectivity index (χ4n) is 6.26. The summed E-state index contributed by atoms with van der Waals surface area (Å²) in [7, 11) is -4.41. The van der Waals surface area contributed by atoms with Crippen LogP contribution < -0.4 is 5.32 Å². The monoisotopic (exact) mass is 748 g/mol. The number of carbonyl (C=O) groups excluding carboxylic acids is 2. The van der Waals surface area contributed by atoms with Crippen molar-refractivity contribution in [2.75, 3.05) is 26.4 Å². The predicted molar refractivity (Wildman–Crippen MR) is 211 cm³/mol. The summed E-state index contributed by atoms with van der Waals surface area (Å²) in [5, 5.41) is 12.7. The van der Waals surface area contributed by atoms with Crippen LogP contribution in [0.3, 0.4) is 0 Å². The molecule has 0 aliphatic rings. The first-order valence-electron chi connectivity index (χ1n) is 21.5. The Morgan fingerprint density at radius 2 is 0.882 bits per heavy atom. The van der Waals surface area contributed by atoms with Crippen LogP contribution in [0, 0.1) is 0 Å². The van der Waals surface area contributed by atoms with Gasteiger partial charge in [-0.2, -0.15) is 0 Å². The predicted octanol–water partition coefficient (Wildman–Crippen LogP) is 11.7. The number of carbonyl (C=O) groups is 2. The Hall–Kier alpha value is -0.990. The molecule has 9 nitrogen and oxygen atoms in total. The van der Waals surface area contributed by atoms with E-state index in [1.54, 1.807) is 0 Å². The van der Waals surface area contributed by atoms with Gasteiger partial charge in [-0.1, -0.05) is 194 Å². The van der Waals surface area contributed by atoms with Crippen molar-refractivity contribution in [3.8, 4) is 0 Å². The van der Waals surface area contributed by atoms with Gasteiger partial charge < -0.3 is 20.1 Å². The van der Waals surface area contributed by atoms with Gasteiger partial charge in [-0.05, 0) is 12.8 Å². The molecule has 51 heavy (non-hydrogen) atoms. The number of phosphoric acid groups is 1. The summed E-state index contributed by atoms with van der Waals surface area (Å²) < 4.78 is 26.8. The average Bonchev–Trinajstić information content (AvgIpc) is 3.11. The average molecular weight is 748 g/mol. The molecule has 3 N–H and O–H groups in total. The van der Waals surface area contributed by atoms with Gasteiger partial charge in [0.25, 0.3) is 0 Å². The van der Waals surface area contributed by atoms with Crippen molar-refractivity contribution in [3.05, 3.63) is 0 Å². The molecule has 0 radical (unpaired) electrons. The summed E-state index contributed by atoms with van der Waals surface area (Å²) in [6, 6.07) is 0. The van der Waals surface area contributed by atoms with Crippen molar-refractivity contribution in [3.63, 3.8) is 0 Å². The van der Waals surface area contributed by atoms with Gasteiger partial charge in [-0.3, -0.25) is 18.6 Å².